The highest BCUT2D eigenvalue weighted by atomic mass is 127. The van der Waals surface area contributed by atoms with Crippen LogP contribution in [-0.4, -0.2) is 29.2 Å². The van der Waals surface area contributed by atoms with Crippen LogP contribution >= 0.6 is 24.0 Å². The van der Waals surface area contributed by atoms with Gasteiger partial charge in [-0.25, -0.2) is 9.98 Å². The fourth-order valence-corrected chi connectivity index (χ4v) is 3.00. The molecule has 0 spiro atoms. The summed E-state index contributed by atoms with van der Waals surface area (Å²) >= 11 is 0. The van der Waals surface area contributed by atoms with Crippen LogP contribution in [0, 0.1) is 6.92 Å². The first-order chi connectivity index (χ1) is 13.1. The predicted octanol–water partition coefficient (Wildman–Crippen LogP) is 3.76. The maximum absolute atomic E-state index is 5.47. The molecule has 0 amide bonds. The molecule has 6 nitrogen and oxygen atoms in total. The minimum Gasteiger partial charge on any atom is -0.496 e. The van der Waals surface area contributed by atoms with Gasteiger partial charge in [0, 0.05) is 19.2 Å². The third-order valence-electron chi connectivity index (χ3n) is 4.49. The van der Waals surface area contributed by atoms with Crippen molar-refractivity contribution in [2.24, 2.45) is 12.0 Å². The van der Waals surface area contributed by atoms with Gasteiger partial charge in [0.15, 0.2) is 5.96 Å². The molecule has 0 atom stereocenters. The van der Waals surface area contributed by atoms with Crippen LogP contribution in [-0.2, 0) is 20.1 Å². The van der Waals surface area contributed by atoms with E-state index in [0.29, 0.717) is 13.1 Å². The number of nitrogens with zero attached hydrogens (tertiary/aromatic N) is 3. The number of halogens is 1. The van der Waals surface area contributed by atoms with Crippen molar-refractivity contribution in [2.75, 3.05) is 13.7 Å². The average molecular weight is 493 g/mol. The molecule has 3 aromatic rings. The summed E-state index contributed by atoms with van der Waals surface area (Å²) in [5.74, 6) is 2.59. The van der Waals surface area contributed by atoms with Crippen LogP contribution in [0.3, 0.4) is 0 Å². The molecule has 150 valence electrons. The molecule has 0 aliphatic rings. The fraction of sp³-hybridized carbons (Fsp3) is 0.333. The van der Waals surface area contributed by atoms with Crippen molar-refractivity contribution >= 4 is 41.0 Å². The Bertz CT molecular complexity index is 951. The van der Waals surface area contributed by atoms with E-state index in [-0.39, 0.29) is 24.0 Å². The lowest BCUT2D eigenvalue weighted by Gasteiger charge is -2.12. The van der Waals surface area contributed by atoms with E-state index < -0.39 is 0 Å². The number of rotatable bonds is 6. The summed E-state index contributed by atoms with van der Waals surface area (Å²) in [7, 11) is 3.73. The normalized spacial score (nSPS) is 11.2. The number of nitrogens with one attached hydrogen (secondary N) is 2. The smallest absolute Gasteiger partial charge is 0.191 e. The molecule has 0 aliphatic carbocycles. The van der Waals surface area contributed by atoms with Crippen molar-refractivity contribution < 1.29 is 4.74 Å². The number of guanidine groups is 1. The zero-order valence-corrected chi connectivity index (χ0v) is 19.2. The highest BCUT2D eigenvalue weighted by molar-refractivity contribution is 14.0. The van der Waals surface area contributed by atoms with Gasteiger partial charge in [-0.15, -0.1) is 24.0 Å². The Hall–Kier alpha value is -2.29. The second-order valence-corrected chi connectivity index (χ2v) is 6.44. The summed E-state index contributed by atoms with van der Waals surface area (Å²) < 4.78 is 7.58. The van der Waals surface area contributed by atoms with Gasteiger partial charge >= 0.3 is 0 Å². The first kappa shape index (κ1) is 22.0. The van der Waals surface area contributed by atoms with E-state index in [1.165, 1.54) is 5.56 Å². The molecule has 0 radical (unpaired) electrons. The van der Waals surface area contributed by atoms with E-state index in [9.17, 15) is 0 Å². The molecule has 2 aromatic carbocycles. The number of methoxy groups -OCH3 is 1. The molecule has 3 rings (SSSR count). The number of fused-ring (bicyclic) bond motifs is 1. The van der Waals surface area contributed by atoms with Crippen molar-refractivity contribution in [3.63, 3.8) is 0 Å². The molecule has 0 bridgehead atoms. The van der Waals surface area contributed by atoms with Crippen molar-refractivity contribution in [1.29, 1.82) is 0 Å². The molecule has 2 N–H and O–H groups in total. The Kier molecular flexibility index (Phi) is 8.10. The molecule has 0 unspecified atom stereocenters. The van der Waals surface area contributed by atoms with Gasteiger partial charge in [0.05, 0.1) is 31.2 Å². The molecule has 1 aromatic heterocycles. The summed E-state index contributed by atoms with van der Waals surface area (Å²) in [5, 5.41) is 6.66. The Balaban J connectivity index is 0.00000280. The van der Waals surface area contributed by atoms with Gasteiger partial charge in [-0.05, 0) is 37.6 Å². The number of aromatic nitrogens is 2. The van der Waals surface area contributed by atoms with Crippen molar-refractivity contribution in [1.82, 2.24) is 20.2 Å². The summed E-state index contributed by atoms with van der Waals surface area (Å²) in [6, 6.07) is 14.3. The summed E-state index contributed by atoms with van der Waals surface area (Å²) in [5.41, 5.74) is 4.36. The average Bonchev–Trinajstić information content (AvgIpc) is 3.00. The molecular weight excluding hydrogens is 465 g/mol. The molecule has 28 heavy (non-hydrogen) atoms. The van der Waals surface area contributed by atoms with Crippen molar-refractivity contribution in [2.45, 2.75) is 26.9 Å². The maximum Gasteiger partial charge on any atom is 0.191 e. The van der Waals surface area contributed by atoms with Crippen molar-refractivity contribution in [3.8, 4) is 5.75 Å². The molecule has 0 saturated heterocycles. The van der Waals surface area contributed by atoms with Gasteiger partial charge in [0.2, 0.25) is 0 Å². The zero-order chi connectivity index (χ0) is 19.2. The Morgan fingerprint density at radius 1 is 1.18 bits per heavy atom. The number of ether oxygens (including phenoxy) is 1. The van der Waals surface area contributed by atoms with E-state index >= 15 is 0 Å². The van der Waals surface area contributed by atoms with Gasteiger partial charge < -0.3 is 19.9 Å². The predicted molar refractivity (Wildman–Crippen MR) is 126 cm³/mol. The summed E-state index contributed by atoms with van der Waals surface area (Å²) in [6.07, 6.45) is 0. The molecule has 7 heteroatoms. The second kappa shape index (κ2) is 10.3. The standard InChI is InChI=1S/C21H27N5O.HI/c1-5-22-21(23-13-16-11-10-15(2)12-19(16)27-4)24-14-20-25-17-8-6-7-9-18(17)26(20)3;/h6-12H,5,13-14H2,1-4H3,(H2,22,23,24);1H. The number of aryl methyl sites for hydroxylation is 2. The fourth-order valence-electron chi connectivity index (χ4n) is 3.00. The minimum atomic E-state index is 0. The number of hydrogen-bond donors (Lipinski definition) is 2. The third kappa shape index (κ3) is 5.15. The first-order valence-electron chi connectivity index (χ1n) is 9.18. The molecule has 0 fully saturated rings. The molecule has 1 heterocycles. The van der Waals surface area contributed by atoms with Gasteiger partial charge in [-0.3, -0.25) is 0 Å². The van der Waals surface area contributed by atoms with Gasteiger partial charge in [-0.1, -0.05) is 24.3 Å². The van der Waals surface area contributed by atoms with E-state index in [0.717, 1.165) is 40.7 Å². The second-order valence-electron chi connectivity index (χ2n) is 6.44. The summed E-state index contributed by atoms with van der Waals surface area (Å²) in [4.78, 5) is 9.40. The SMILES string of the molecule is CCNC(=NCc1ccc(C)cc1OC)NCc1nc2ccccc2n1C.I. The monoisotopic (exact) mass is 493 g/mol. The van der Waals surface area contributed by atoms with Gasteiger partial charge in [0.1, 0.15) is 11.6 Å². The quantitative estimate of drug-likeness (QED) is 0.312. The van der Waals surface area contributed by atoms with E-state index in [2.05, 4.69) is 47.2 Å². The van der Waals surface area contributed by atoms with Crippen molar-refractivity contribution in [3.05, 3.63) is 59.4 Å². The van der Waals surface area contributed by atoms with Crippen LogP contribution in [0.15, 0.2) is 47.5 Å². The zero-order valence-electron chi connectivity index (χ0n) is 16.8. The Labute approximate surface area is 183 Å². The summed E-state index contributed by atoms with van der Waals surface area (Å²) in [6.45, 7) is 6.04. The molecule has 0 aliphatic heterocycles. The van der Waals surface area contributed by atoms with Crippen LogP contribution in [0.5, 0.6) is 5.75 Å². The van der Waals surface area contributed by atoms with Crippen LogP contribution in [0.2, 0.25) is 0 Å². The van der Waals surface area contributed by atoms with Gasteiger partial charge in [0.25, 0.3) is 0 Å². The number of para-hydroxylation sites is 2. The van der Waals surface area contributed by atoms with E-state index in [1.807, 2.05) is 31.3 Å². The third-order valence-corrected chi connectivity index (χ3v) is 4.49. The molecule has 0 saturated carbocycles. The first-order valence-corrected chi connectivity index (χ1v) is 9.18. The van der Waals surface area contributed by atoms with E-state index in [4.69, 9.17) is 14.7 Å². The van der Waals surface area contributed by atoms with Crippen LogP contribution < -0.4 is 15.4 Å². The number of hydrogen-bond acceptors (Lipinski definition) is 3. The number of benzene rings is 2. The Morgan fingerprint density at radius 2 is 1.96 bits per heavy atom. The number of aliphatic imine (C=N–C) groups is 1. The molecular formula is C21H28IN5O. The van der Waals surface area contributed by atoms with Gasteiger partial charge in [-0.2, -0.15) is 0 Å². The number of imidazole rings is 1. The minimum absolute atomic E-state index is 0. The van der Waals surface area contributed by atoms with Crippen LogP contribution in [0.1, 0.15) is 23.9 Å². The maximum atomic E-state index is 5.47. The lowest BCUT2D eigenvalue weighted by Crippen LogP contribution is -2.37. The van der Waals surface area contributed by atoms with Crippen LogP contribution in [0.4, 0.5) is 0 Å². The topological polar surface area (TPSA) is 63.5 Å². The van der Waals surface area contributed by atoms with E-state index in [1.54, 1.807) is 7.11 Å². The van der Waals surface area contributed by atoms with Crippen LogP contribution in [0.25, 0.3) is 11.0 Å². The largest absolute Gasteiger partial charge is 0.496 e. The highest BCUT2D eigenvalue weighted by Crippen LogP contribution is 2.20. The lowest BCUT2D eigenvalue weighted by molar-refractivity contribution is 0.409. The Morgan fingerprint density at radius 3 is 2.68 bits per heavy atom. The highest BCUT2D eigenvalue weighted by Gasteiger charge is 2.08. The lowest BCUT2D eigenvalue weighted by atomic mass is 10.1.